The zero-order valence-electron chi connectivity index (χ0n) is 7.69. The Morgan fingerprint density at radius 1 is 1.57 bits per heavy atom. The zero-order chi connectivity index (χ0) is 10.2. The Labute approximate surface area is 81.2 Å². The van der Waals surface area contributed by atoms with Crippen LogP contribution in [0.1, 0.15) is 12.5 Å². The highest BCUT2D eigenvalue weighted by Crippen LogP contribution is 2.38. The fraction of sp³-hybridized carbons (Fsp3) is 0.200. The Hall–Kier alpha value is -1.84. The summed E-state index contributed by atoms with van der Waals surface area (Å²) in [6.07, 6.45) is 2.54. The molecular formula is C10H9NO3. The quantitative estimate of drug-likeness (QED) is 0.637. The van der Waals surface area contributed by atoms with E-state index in [0.29, 0.717) is 0 Å². The lowest BCUT2D eigenvalue weighted by Crippen LogP contribution is -2.22. The second kappa shape index (κ2) is 2.83. The van der Waals surface area contributed by atoms with Crippen LogP contribution in [-0.2, 0) is 15.1 Å². The molecule has 1 saturated heterocycles. The Kier molecular flexibility index (Phi) is 1.77. The van der Waals surface area contributed by atoms with Gasteiger partial charge in [0.15, 0.2) is 11.4 Å². The van der Waals surface area contributed by atoms with Gasteiger partial charge < -0.3 is 9.47 Å². The lowest BCUT2D eigenvalue weighted by atomic mass is 9.96. The highest BCUT2D eigenvalue weighted by Gasteiger charge is 2.44. The molecule has 14 heavy (non-hydrogen) atoms. The third-order valence-corrected chi connectivity index (χ3v) is 2.24. The summed E-state index contributed by atoms with van der Waals surface area (Å²) in [7, 11) is 0. The molecule has 0 N–H and O–H groups in total. The van der Waals surface area contributed by atoms with Crippen molar-refractivity contribution in [1.29, 1.82) is 0 Å². The SMILES string of the molecule is C=C1OC(=O)O[C@@]1(C)c1cccnc1. The lowest BCUT2D eigenvalue weighted by molar-refractivity contribution is 0.0754. The van der Waals surface area contributed by atoms with Crippen molar-refractivity contribution in [2.75, 3.05) is 0 Å². The Morgan fingerprint density at radius 2 is 2.36 bits per heavy atom. The average Bonchev–Trinajstić information content (AvgIpc) is 2.43. The zero-order valence-corrected chi connectivity index (χ0v) is 7.69. The molecule has 0 aliphatic carbocycles. The molecule has 1 aliphatic heterocycles. The van der Waals surface area contributed by atoms with Crippen LogP contribution in [0.3, 0.4) is 0 Å². The largest absolute Gasteiger partial charge is 0.515 e. The van der Waals surface area contributed by atoms with Crippen molar-refractivity contribution < 1.29 is 14.3 Å². The van der Waals surface area contributed by atoms with E-state index in [-0.39, 0.29) is 5.76 Å². The number of carbonyl (C=O) groups is 1. The highest BCUT2D eigenvalue weighted by atomic mass is 16.8. The summed E-state index contributed by atoms with van der Waals surface area (Å²) in [4.78, 5) is 14.9. The van der Waals surface area contributed by atoms with E-state index in [1.807, 2.05) is 0 Å². The Bertz CT molecular complexity index is 388. The molecular weight excluding hydrogens is 182 g/mol. The maximum Gasteiger partial charge on any atom is 0.515 e. The molecule has 1 aromatic rings. The molecule has 0 unspecified atom stereocenters. The van der Waals surface area contributed by atoms with Gasteiger partial charge in [0.2, 0.25) is 0 Å². The van der Waals surface area contributed by atoms with Gasteiger partial charge in [0.25, 0.3) is 0 Å². The third kappa shape index (κ3) is 1.16. The van der Waals surface area contributed by atoms with Crippen LogP contribution in [0.15, 0.2) is 36.9 Å². The number of cyclic esters (lactones) is 2. The van der Waals surface area contributed by atoms with E-state index in [1.165, 1.54) is 0 Å². The highest BCUT2D eigenvalue weighted by molar-refractivity contribution is 5.66. The first-order valence-corrected chi connectivity index (χ1v) is 4.13. The fourth-order valence-corrected chi connectivity index (χ4v) is 1.31. The van der Waals surface area contributed by atoms with Gasteiger partial charge in [-0.15, -0.1) is 0 Å². The van der Waals surface area contributed by atoms with Crippen LogP contribution in [0.5, 0.6) is 0 Å². The van der Waals surface area contributed by atoms with Crippen molar-refractivity contribution in [3.05, 3.63) is 42.4 Å². The molecule has 0 saturated carbocycles. The molecule has 0 aromatic carbocycles. The molecule has 2 heterocycles. The molecule has 0 amide bonds. The van der Waals surface area contributed by atoms with Crippen molar-refractivity contribution in [2.45, 2.75) is 12.5 Å². The fourth-order valence-electron chi connectivity index (χ4n) is 1.31. The van der Waals surface area contributed by atoms with Crippen molar-refractivity contribution in [2.24, 2.45) is 0 Å². The number of hydrogen-bond donors (Lipinski definition) is 0. The molecule has 4 heteroatoms. The molecule has 1 atom stereocenters. The van der Waals surface area contributed by atoms with Gasteiger partial charge in [0.1, 0.15) is 0 Å². The van der Waals surface area contributed by atoms with E-state index in [2.05, 4.69) is 11.6 Å². The lowest BCUT2D eigenvalue weighted by Gasteiger charge is -2.19. The van der Waals surface area contributed by atoms with Crippen molar-refractivity contribution in [1.82, 2.24) is 4.98 Å². The van der Waals surface area contributed by atoms with E-state index in [0.717, 1.165) is 5.56 Å². The van der Waals surface area contributed by atoms with E-state index in [4.69, 9.17) is 9.47 Å². The second-order valence-electron chi connectivity index (χ2n) is 3.15. The van der Waals surface area contributed by atoms with Gasteiger partial charge in [-0.3, -0.25) is 4.98 Å². The van der Waals surface area contributed by atoms with Crippen LogP contribution in [0.2, 0.25) is 0 Å². The number of pyridine rings is 1. The predicted octanol–water partition coefficient (Wildman–Crippen LogP) is 1.98. The van der Waals surface area contributed by atoms with E-state index in [1.54, 1.807) is 31.5 Å². The van der Waals surface area contributed by atoms with Crippen LogP contribution < -0.4 is 0 Å². The maximum atomic E-state index is 10.9. The molecule has 1 aromatic heterocycles. The number of ether oxygens (including phenoxy) is 2. The van der Waals surface area contributed by atoms with Gasteiger partial charge in [-0.05, 0) is 13.0 Å². The maximum absolute atomic E-state index is 10.9. The number of aromatic nitrogens is 1. The molecule has 72 valence electrons. The van der Waals surface area contributed by atoms with Crippen LogP contribution >= 0.6 is 0 Å². The Morgan fingerprint density at radius 3 is 2.86 bits per heavy atom. The minimum absolute atomic E-state index is 0.288. The number of nitrogens with zero attached hydrogens (tertiary/aromatic N) is 1. The summed E-state index contributed by atoms with van der Waals surface area (Å²) >= 11 is 0. The number of rotatable bonds is 1. The number of carbonyl (C=O) groups excluding carboxylic acids is 1. The normalized spacial score (nSPS) is 25.8. The van der Waals surface area contributed by atoms with Crippen LogP contribution in [0, 0.1) is 0 Å². The second-order valence-corrected chi connectivity index (χ2v) is 3.15. The smallest absolute Gasteiger partial charge is 0.414 e. The van der Waals surface area contributed by atoms with E-state index < -0.39 is 11.8 Å². The van der Waals surface area contributed by atoms with E-state index >= 15 is 0 Å². The average molecular weight is 191 g/mol. The summed E-state index contributed by atoms with van der Waals surface area (Å²) in [6, 6.07) is 3.57. The van der Waals surface area contributed by atoms with Crippen LogP contribution in [0.4, 0.5) is 4.79 Å². The molecule has 1 aliphatic rings. The van der Waals surface area contributed by atoms with Crippen LogP contribution in [-0.4, -0.2) is 11.1 Å². The molecule has 0 radical (unpaired) electrons. The summed E-state index contributed by atoms with van der Waals surface area (Å²) in [5, 5.41) is 0. The van der Waals surface area contributed by atoms with Crippen LogP contribution in [0.25, 0.3) is 0 Å². The summed E-state index contributed by atoms with van der Waals surface area (Å²) in [5.74, 6) is 0.288. The number of hydrogen-bond acceptors (Lipinski definition) is 4. The molecule has 4 nitrogen and oxygen atoms in total. The molecule has 1 fully saturated rings. The monoisotopic (exact) mass is 191 g/mol. The van der Waals surface area contributed by atoms with Crippen molar-refractivity contribution >= 4 is 6.16 Å². The van der Waals surface area contributed by atoms with Gasteiger partial charge in [0.05, 0.1) is 0 Å². The minimum atomic E-state index is -0.911. The van der Waals surface area contributed by atoms with Gasteiger partial charge in [0, 0.05) is 18.0 Å². The van der Waals surface area contributed by atoms with E-state index in [9.17, 15) is 4.79 Å². The summed E-state index contributed by atoms with van der Waals surface area (Å²) in [5.41, 5.74) is -0.165. The van der Waals surface area contributed by atoms with Gasteiger partial charge >= 0.3 is 6.16 Å². The third-order valence-electron chi connectivity index (χ3n) is 2.24. The Balaban J connectivity index is 2.43. The summed E-state index contributed by atoms with van der Waals surface area (Å²) in [6.45, 7) is 5.36. The predicted molar refractivity (Wildman–Crippen MR) is 48.3 cm³/mol. The molecule has 0 bridgehead atoms. The topological polar surface area (TPSA) is 48.4 Å². The first-order valence-electron chi connectivity index (χ1n) is 4.13. The van der Waals surface area contributed by atoms with Gasteiger partial charge in [-0.25, -0.2) is 4.79 Å². The standard InChI is InChI=1S/C10H9NO3/c1-7-10(2,14-9(12)13-7)8-4-3-5-11-6-8/h3-6H,1H2,2H3/t10-/m1/s1. The summed E-state index contributed by atoms with van der Waals surface area (Å²) < 4.78 is 9.79. The first kappa shape index (κ1) is 8.74. The molecule has 2 rings (SSSR count). The minimum Gasteiger partial charge on any atom is -0.414 e. The van der Waals surface area contributed by atoms with Crippen molar-refractivity contribution in [3.8, 4) is 0 Å². The van der Waals surface area contributed by atoms with Gasteiger partial charge in [-0.2, -0.15) is 0 Å². The van der Waals surface area contributed by atoms with Crippen molar-refractivity contribution in [3.63, 3.8) is 0 Å². The first-order chi connectivity index (χ1) is 6.63. The van der Waals surface area contributed by atoms with Gasteiger partial charge in [-0.1, -0.05) is 12.6 Å². The molecule has 0 spiro atoms.